The molecular formula is C14H16F2N2O. The molecule has 0 aliphatic heterocycles. The Labute approximate surface area is 111 Å². The molecule has 0 atom stereocenters. The van der Waals surface area contributed by atoms with Gasteiger partial charge in [-0.2, -0.15) is 0 Å². The van der Waals surface area contributed by atoms with E-state index in [-0.39, 0.29) is 18.1 Å². The molecule has 1 saturated carbocycles. The van der Waals surface area contributed by atoms with E-state index >= 15 is 0 Å². The lowest BCUT2D eigenvalue weighted by Gasteiger charge is -2.21. The van der Waals surface area contributed by atoms with Gasteiger partial charge in [0, 0.05) is 12.7 Å². The quantitative estimate of drug-likeness (QED) is 0.725. The number of terminal acetylenes is 1. The molecular weight excluding hydrogens is 250 g/mol. The van der Waals surface area contributed by atoms with Gasteiger partial charge in [-0.1, -0.05) is 5.92 Å². The zero-order valence-electron chi connectivity index (χ0n) is 10.6. The topological polar surface area (TPSA) is 25.2 Å². The van der Waals surface area contributed by atoms with Crippen molar-refractivity contribution in [3.8, 4) is 12.3 Å². The maximum Gasteiger partial charge on any atom is 0.271 e. The number of carbonyl (C=O) groups excluding carboxylic acids is 1. The molecule has 0 bridgehead atoms. The van der Waals surface area contributed by atoms with E-state index < -0.39 is 13.0 Å². The molecule has 19 heavy (non-hydrogen) atoms. The minimum atomic E-state index is -2.48. The van der Waals surface area contributed by atoms with Crippen molar-refractivity contribution in [2.45, 2.75) is 25.8 Å². The van der Waals surface area contributed by atoms with Crippen LogP contribution in [0.4, 0.5) is 8.78 Å². The van der Waals surface area contributed by atoms with Crippen LogP contribution in [0.15, 0.2) is 18.3 Å². The SMILES string of the molecule is C#CCN(CC1CC1)C(=O)c1cccn1CC(F)F. The Balaban J connectivity index is 2.11. The number of rotatable bonds is 6. The van der Waals surface area contributed by atoms with E-state index in [2.05, 4.69) is 5.92 Å². The molecule has 1 amide bonds. The Morgan fingerprint density at radius 2 is 2.32 bits per heavy atom. The molecule has 0 N–H and O–H groups in total. The first-order valence-electron chi connectivity index (χ1n) is 6.28. The number of hydrogen-bond donors (Lipinski definition) is 0. The van der Waals surface area contributed by atoms with Crippen LogP contribution in [0.1, 0.15) is 23.3 Å². The average Bonchev–Trinajstić information content (AvgIpc) is 3.05. The van der Waals surface area contributed by atoms with Gasteiger partial charge >= 0.3 is 0 Å². The van der Waals surface area contributed by atoms with Crippen molar-refractivity contribution >= 4 is 5.91 Å². The fraction of sp³-hybridized carbons (Fsp3) is 0.500. The summed E-state index contributed by atoms with van der Waals surface area (Å²) in [6.07, 6.45) is 6.48. The molecule has 0 saturated heterocycles. The minimum Gasteiger partial charge on any atom is -0.338 e. The van der Waals surface area contributed by atoms with Gasteiger partial charge in [0.25, 0.3) is 12.3 Å². The number of amides is 1. The monoisotopic (exact) mass is 266 g/mol. The lowest BCUT2D eigenvalue weighted by Crippen LogP contribution is -2.34. The zero-order valence-corrected chi connectivity index (χ0v) is 10.6. The summed E-state index contributed by atoms with van der Waals surface area (Å²) in [6, 6.07) is 3.15. The molecule has 1 aromatic rings. The summed E-state index contributed by atoms with van der Waals surface area (Å²) in [5.74, 6) is 2.69. The summed E-state index contributed by atoms with van der Waals surface area (Å²) in [5, 5.41) is 0. The molecule has 0 aromatic carbocycles. The largest absolute Gasteiger partial charge is 0.338 e. The van der Waals surface area contributed by atoms with Crippen molar-refractivity contribution in [1.82, 2.24) is 9.47 Å². The molecule has 0 radical (unpaired) electrons. The van der Waals surface area contributed by atoms with Gasteiger partial charge in [0.2, 0.25) is 0 Å². The third-order valence-corrected chi connectivity index (χ3v) is 3.13. The van der Waals surface area contributed by atoms with Crippen molar-refractivity contribution in [2.75, 3.05) is 13.1 Å². The standard InChI is InChI=1S/C14H16F2N2O/c1-2-7-18(9-11-5-6-11)14(19)12-4-3-8-17(12)10-13(15)16/h1,3-4,8,11,13H,5-7,9-10H2. The van der Waals surface area contributed by atoms with Crippen molar-refractivity contribution in [3.63, 3.8) is 0 Å². The predicted molar refractivity (Wildman–Crippen MR) is 67.9 cm³/mol. The van der Waals surface area contributed by atoms with Crippen molar-refractivity contribution in [2.24, 2.45) is 5.92 Å². The molecule has 1 aromatic heterocycles. The van der Waals surface area contributed by atoms with Gasteiger partial charge in [-0.15, -0.1) is 6.42 Å². The number of hydrogen-bond acceptors (Lipinski definition) is 1. The average molecular weight is 266 g/mol. The van der Waals surface area contributed by atoms with E-state index in [1.165, 1.54) is 10.8 Å². The molecule has 1 fully saturated rings. The van der Waals surface area contributed by atoms with Crippen LogP contribution in [0.25, 0.3) is 0 Å². The van der Waals surface area contributed by atoms with Crippen LogP contribution in [0.2, 0.25) is 0 Å². The molecule has 2 rings (SSSR count). The summed E-state index contributed by atoms with van der Waals surface area (Å²) >= 11 is 0. The Hall–Kier alpha value is -1.83. The summed E-state index contributed by atoms with van der Waals surface area (Å²) in [5.41, 5.74) is 0.274. The fourth-order valence-corrected chi connectivity index (χ4v) is 2.02. The lowest BCUT2D eigenvalue weighted by atomic mass is 10.3. The second-order valence-corrected chi connectivity index (χ2v) is 4.77. The number of alkyl halides is 2. The van der Waals surface area contributed by atoms with E-state index in [9.17, 15) is 13.6 Å². The smallest absolute Gasteiger partial charge is 0.271 e. The predicted octanol–water partition coefficient (Wildman–Crippen LogP) is 2.24. The van der Waals surface area contributed by atoms with Crippen molar-refractivity contribution in [3.05, 3.63) is 24.0 Å². The highest BCUT2D eigenvalue weighted by molar-refractivity contribution is 5.93. The van der Waals surface area contributed by atoms with Gasteiger partial charge in [0.05, 0.1) is 13.1 Å². The van der Waals surface area contributed by atoms with Crippen LogP contribution < -0.4 is 0 Å². The lowest BCUT2D eigenvalue weighted by molar-refractivity contribution is 0.0749. The zero-order chi connectivity index (χ0) is 13.8. The molecule has 1 aliphatic rings. The summed E-state index contributed by atoms with van der Waals surface area (Å²) in [6.45, 7) is 0.361. The van der Waals surface area contributed by atoms with E-state index in [0.717, 1.165) is 12.8 Å². The molecule has 1 aliphatic carbocycles. The van der Waals surface area contributed by atoms with Crippen LogP contribution in [0, 0.1) is 18.3 Å². The maximum atomic E-state index is 12.4. The Bertz CT molecular complexity index is 486. The highest BCUT2D eigenvalue weighted by Crippen LogP contribution is 2.30. The van der Waals surface area contributed by atoms with Gasteiger partial charge in [-0.25, -0.2) is 8.78 Å². The second kappa shape index (κ2) is 5.87. The Kier molecular flexibility index (Phi) is 4.20. The number of halogens is 2. The van der Waals surface area contributed by atoms with Gasteiger partial charge in [-0.3, -0.25) is 4.79 Å². The van der Waals surface area contributed by atoms with Gasteiger partial charge < -0.3 is 9.47 Å². The molecule has 5 heteroatoms. The first kappa shape index (κ1) is 13.6. The van der Waals surface area contributed by atoms with Crippen LogP contribution in [-0.2, 0) is 6.54 Å². The minimum absolute atomic E-state index is 0.217. The highest BCUT2D eigenvalue weighted by Gasteiger charge is 2.28. The van der Waals surface area contributed by atoms with Gasteiger partial charge in [-0.05, 0) is 30.9 Å². The summed E-state index contributed by atoms with van der Waals surface area (Å²) in [7, 11) is 0. The first-order chi connectivity index (χ1) is 9.11. The van der Waals surface area contributed by atoms with Crippen molar-refractivity contribution < 1.29 is 13.6 Å². The second-order valence-electron chi connectivity index (χ2n) is 4.77. The fourth-order valence-electron chi connectivity index (χ4n) is 2.02. The van der Waals surface area contributed by atoms with E-state index in [4.69, 9.17) is 6.42 Å². The van der Waals surface area contributed by atoms with Crippen LogP contribution in [0.5, 0.6) is 0 Å². The molecule has 3 nitrogen and oxygen atoms in total. The molecule has 1 heterocycles. The van der Waals surface area contributed by atoms with E-state index in [1.807, 2.05) is 0 Å². The third-order valence-electron chi connectivity index (χ3n) is 3.13. The third kappa shape index (κ3) is 3.57. The van der Waals surface area contributed by atoms with Gasteiger partial charge in [0.15, 0.2) is 0 Å². The first-order valence-corrected chi connectivity index (χ1v) is 6.28. The van der Waals surface area contributed by atoms with Crippen LogP contribution >= 0.6 is 0 Å². The summed E-state index contributed by atoms with van der Waals surface area (Å²) < 4.78 is 26.1. The highest BCUT2D eigenvalue weighted by atomic mass is 19.3. The van der Waals surface area contributed by atoms with Gasteiger partial charge in [0.1, 0.15) is 5.69 Å². The summed E-state index contributed by atoms with van der Waals surface area (Å²) in [4.78, 5) is 13.9. The van der Waals surface area contributed by atoms with Crippen molar-refractivity contribution in [1.29, 1.82) is 0 Å². The Morgan fingerprint density at radius 1 is 1.58 bits per heavy atom. The maximum absolute atomic E-state index is 12.4. The van der Waals surface area contributed by atoms with Crippen LogP contribution in [0.3, 0.4) is 0 Å². The normalized spacial score (nSPS) is 14.4. The number of nitrogens with zero attached hydrogens (tertiary/aromatic N) is 2. The van der Waals surface area contributed by atoms with Crippen LogP contribution in [-0.4, -0.2) is 34.9 Å². The van der Waals surface area contributed by atoms with E-state index in [1.54, 1.807) is 17.0 Å². The van der Waals surface area contributed by atoms with E-state index in [0.29, 0.717) is 12.5 Å². The number of aromatic nitrogens is 1. The molecule has 0 spiro atoms. The Morgan fingerprint density at radius 3 is 2.89 bits per heavy atom. The molecule has 0 unspecified atom stereocenters. The molecule has 102 valence electrons. The number of carbonyl (C=O) groups is 1.